The molecule has 2 aromatic carbocycles. The number of anilines is 1. The Hall–Kier alpha value is -2.45. The molecule has 0 aliphatic carbocycles. The van der Waals surface area contributed by atoms with E-state index in [0.29, 0.717) is 6.54 Å². The highest BCUT2D eigenvalue weighted by atomic mass is 32.2. The second-order valence-electron chi connectivity index (χ2n) is 8.09. The van der Waals surface area contributed by atoms with Gasteiger partial charge in [0.15, 0.2) is 0 Å². The number of benzene rings is 2. The number of sulfonamides is 1. The fourth-order valence-electron chi connectivity index (χ4n) is 3.95. The SMILES string of the molecule is C[C@@H](C(=O)NCc1cccc(CN2CCCCC2)c1)N(c1ccc(F)cc1)S(C)(=O)=O. The number of carbonyl (C=O) groups excluding carboxylic acids is 1. The summed E-state index contributed by atoms with van der Waals surface area (Å²) in [4.78, 5) is 15.2. The van der Waals surface area contributed by atoms with Gasteiger partial charge in [-0.05, 0) is 68.2 Å². The van der Waals surface area contributed by atoms with Crippen molar-refractivity contribution in [3.63, 3.8) is 0 Å². The van der Waals surface area contributed by atoms with Crippen LogP contribution in [0.5, 0.6) is 0 Å². The van der Waals surface area contributed by atoms with Crippen molar-refractivity contribution in [3.8, 4) is 0 Å². The molecule has 1 heterocycles. The average molecular weight is 448 g/mol. The molecule has 0 unspecified atom stereocenters. The summed E-state index contributed by atoms with van der Waals surface area (Å²) in [5.74, 6) is -0.894. The molecule has 6 nitrogen and oxygen atoms in total. The summed E-state index contributed by atoms with van der Waals surface area (Å²) in [5, 5.41) is 2.83. The third-order valence-electron chi connectivity index (χ3n) is 5.48. The summed E-state index contributed by atoms with van der Waals surface area (Å²) >= 11 is 0. The van der Waals surface area contributed by atoms with Crippen LogP contribution in [0.2, 0.25) is 0 Å². The number of hydrogen-bond acceptors (Lipinski definition) is 4. The number of halogens is 1. The largest absolute Gasteiger partial charge is 0.350 e. The first-order valence-electron chi connectivity index (χ1n) is 10.6. The lowest BCUT2D eigenvalue weighted by Crippen LogP contribution is -2.47. The van der Waals surface area contributed by atoms with Gasteiger partial charge in [0.05, 0.1) is 11.9 Å². The highest BCUT2D eigenvalue weighted by Crippen LogP contribution is 2.21. The molecule has 0 aromatic heterocycles. The van der Waals surface area contributed by atoms with Gasteiger partial charge >= 0.3 is 0 Å². The molecule has 1 atom stereocenters. The maximum Gasteiger partial charge on any atom is 0.243 e. The van der Waals surface area contributed by atoms with Gasteiger partial charge in [-0.2, -0.15) is 0 Å². The number of carbonyl (C=O) groups is 1. The summed E-state index contributed by atoms with van der Waals surface area (Å²) in [6.07, 6.45) is 4.80. The first kappa shape index (κ1) is 23.2. The predicted molar refractivity (Wildman–Crippen MR) is 121 cm³/mol. The van der Waals surface area contributed by atoms with Crippen LogP contribution in [0.25, 0.3) is 0 Å². The molecule has 3 rings (SSSR count). The molecule has 0 saturated carbocycles. The molecule has 8 heteroatoms. The standard InChI is InChI=1S/C23H30FN3O3S/c1-18(27(31(2,29)30)22-11-9-21(24)10-12-22)23(28)25-16-19-7-6-8-20(15-19)17-26-13-4-3-5-14-26/h6-12,15,18H,3-5,13-14,16-17H2,1-2H3,(H,25,28)/t18-/m0/s1. The number of amides is 1. The van der Waals surface area contributed by atoms with Crippen LogP contribution in [0.1, 0.15) is 37.3 Å². The quantitative estimate of drug-likeness (QED) is 0.674. The molecule has 1 saturated heterocycles. The van der Waals surface area contributed by atoms with Crippen molar-refractivity contribution in [2.24, 2.45) is 0 Å². The van der Waals surface area contributed by atoms with Crippen molar-refractivity contribution in [2.45, 2.75) is 45.3 Å². The van der Waals surface area contributed by atoms with E-state index in [4.69, 9.17) is 0 Å². The second-order valence-corrected chi connectivity index (χ2v) is 9.95. The Balaban J connectivity index is 1.64. The van der Waals surface area contributed by atoms with Crippen LogP contribution in [-0.4, -0.2) is 44.6 Å². The van der Waals surface area contributed by atoms with E-state index in [1.54, 1.807) is 0 Å². The lowest BCUT2D eigenvalue weighted by atomic mass is 10.1. The number of piperidine rings is 1. The predicted octanol–water partition coefficient (Wildman–Crippen LogP) is 3.28. The first-order valence-corrected chi connectivity index (χ1v) is 12.4. The van der Waals surface area contributed by atoms with Gasteiger partial charge < -0.3 is 5.32 Å². The molecular weight excluding hydrogens is 417 g/mol. The van der Waals surface area contributed by atoms with Crippen molar-refractivity contribution in [1.29, 1.82) is 0 Å². The maximum absolute atomic E-state index is 13.2. The fraction of sp³-hybridized carbons (Fsp3) is 0.435. The zero-order chi connectivity index (χ0) is 22.4. The van der Waals surface area contributed by atoms with E-state index in [9.17, 15) is 17.6 Å². The average Bonchev–Trinajstić information content (AvgIpc) is 2.73. The number of nitrogens with one attached hydrogen (secondary N) is 1. The minimum atomic E-state index is -3.74. The van der Waals surface area contributed by atoms with Crippen LogP contribution in [-0.2, 0) is 27.9 Å². The zero-order valence-corrected chi connectivity index (χ0v) is 18.9. The van der Waals surface area contributed by atoms with Gasteiger partial charge in [-0.15, -0.1) is 0 Å². The minimum absolute atomic E-state index is 0.245. The molecule has 1 aliphatic rings. The molecule has 0 radical (unpaired) electrons. The Bertz CT molecular complexity index is 989. The number of rotatable bonds is 8. The van der Waals surface area contributed by atoms with Crippen molar-refractivity contribution >= 4 is 21.6 Å². The van der Waals surface area contributed by atoms with Gasteiger partial charge in [-0.25, -0.2) is 12.8 Å². The maximum atomic E-state index is 13.2. The van der Waals surface area contributed by atoms with Crippen LogP contribution in [0.4, 0.5) is 10.1 Å². The normalized spacial score (nSPS) is 16.0. The van der Waals surface area contributed by atoms with Crippen LogP contribution >= 0.6 is 0 Å². The van der Waals surface area contributed by atoms with Gasteiger partial charge in [-0.3, -0.25) is 14.0 Å². The molecular formula is C23H30FN3O3S. The Morgan fingerprint density at radius 3 is 2.39 bits per heavy atom. The molecule has 1 N–H and O–H groups in total. The molecule has 0 bridgehead atoms. The summed E-state index contributed by atoms with van der Waals surface area (Å²) in [6, 6.07) is 12.2. The van der Waals surface area contributed by atoms with Gasteiger partial charge in [0.2, 0.25) is 15.9 Å². The van der Waals surface area contributed by atoms with Crippen molar-refractivity contribution in [2.75, 3.05) is 23.7 Å². The van der Waals surface area contributed by atoms with Gasteiger partial charge in [0.25, 0.3) is 0 Å². The number of likely N-dealkylation sites (tertiary alicyclic amines) is 1. The van der Waals surface area contributed by atoms with Crippen molar-refractivity contribution < 1.29 is 17.6 Å². The van der Waals surface area contributed by atoms with E-state index in [1.807, 2.05) is 12.1 Å². The molecule has 1 aliphatic heterocycles. The first-order chi connectivity index (χ1) is 14.7. The highest BCUT2D eigenvalue weighted by Gasteiger charge is 2.29. The molecule has 2 aromatic rings. The molecule has 0 spiro atoms. The summed E-state index contributed by atoms with van der Waals surface area (Å²) < 4.78 is 38.9. The van der Waals surface area contributed by atoms with Crippen LogP contribution in [0.3, 0.4) is 0 Å². The Labute approximate surface area is 184 Å². The third kappa shape index (κ3) is 6.51. The number of hydrogen-bond donors (Lipinski definition) is 1. The highest BCUT2D eigenvalue weighted by molar-refractivity contribution is 7.92. The second kappa shape index (κ2) is 10.2. The van der Waals surface area contributed by atoms with E-state index >= 15 is 0 Å². The molecule has 168 valence electrons. The lowest BCUT2D eigenvalue weighted by molar-refractivity contribution is -0.122. The Morgan fingerprint density at radius 2 is 1.74 bits per heavy atom. The van der Waals surface area contributed by atoms with Crippen LogP contribution < -0.4 is 9.62 Å². The lowest BCUT2D eigenvalue weighted by Gasteiger charge is -2.28. The van der Waals surface area contributed by atoms with E-state index in [-0.39, 0.29) is 5.69 Å². The van der Waals surface area contributed by atoms with Crippen LogP contribution in [0, 0.1) is 5.82 Å². The third-order valence-corrected chi connectivity index (χ3v) is 6.72. The van der Waals surface area contributed by atoms with Gasteiger partial charge in [0, 0.05) is 13.1 Å². The summed E-state index contributed by atoms with van der Waals surface area (Å²) in [5.41, 5.74) is 2.41. The molecule has 31 heavy (non-hydrogen) atoms. The zero-order valence-electron chi connectivity index (χ0n) is 18.1. The molecule has 1 fully saturated rings. The van der Waals surface area contributed by atoms with Crippen molar-refractivity contribution in [3.05, 3.63) is 65.5 Å². The topological polar surface area (TPSA) is 69.7 Å². The van der Waals surface area contributed by atoms with Crippen molar-refractivity contribution in [1.82, 2.24) is 10.2 Å². The summed E-state index contributed by atoms with van der Waals surface area (Å²) in [6.45, 7) is 4.95. The van der Waals surface area contributed by atoms with Crippen LogP contribution in [0.15, 0.2) is 48.5 Å². The monoisotopic (exact) mass is 447 g/mol. The van der Waals surface area contributed by atoms with Gasteiger partial charge in [0.1, 0.15) is 11.9 Å². The summed E-state index contributed by atoms with van der Waals surface area (Å²) in [7, 11) is -3.74. The number of nitrogens with zero attached hydrogens (tertiary/aromatic N) is 2. The van der Waals surface area contributed by atoms with Gasteiger partial charge in [-0.1, -0.05) is 30.7 Å². The molecule has 1 amide bonds. The minimum Gasteiger partial charge on any atom is -0.350 e. The van der Waals surface area contributed by atoms with E-state index < -0.39 is 27.8 Å². The van der Waals surface area contributed by atoms with E-state index in [0.717, 1.165) is 35.8 Å². The Morgan fingerprint density at radius 1 is 1.10 bits per heavy atom. The fourth-order valence-corrected chi connectivity index (χ4v) is 5.12. The smallest absolute Gasteiger partial charge is 0.243 e. The van der Waals surface area contributed by atoms with E-state index in [1.165, 1.54) is 56.0 Å². The van der Waals surface area contributed by atoms with E-state index in [2.05, 4.69) is 22.3 Å². The Kier molecular flexibility index (Phi) is 7.67.